The number of hydrogen-bond donors (Lipinski definition) is 2. The van der Waals surface area contributed by atoms with Gasteiger partial charge in [-0.2, -0.15) is 0 Å². The summed E-state index contributed by atoms with van der Waals surface area (Å²) in [6.07, 6.45) is 1.12. The monoisotopic (exact) mass is 387 g/mol. The molecular formula is C20H25N3O5. The van der Waals surface area contributed by atoms with Crippen LogP contribution >= 0.6 is 0 Å². The lowest BCUT2D eigenvalue weighted by Crippen LogP contribution is -2.40. The number of rotatable bonds is 8. The lowest BCUT2D eigenvalue weighted by atomic mass is 10.1. The molecule has 3 rings (SSSR count). The average Bonchev–Trinajstić information content (AvgIpc) is 3.43. The number of hydrogen-bond acceptors (Lipinski definition) is 5. The number of benzene rings is 1. The summed E-state index contributed by atoms with van der Waals surface area (Å²) in [5, 5.41) is 5.45. The highest BCUT2D eigenvalue weighted by atomic mass is 16.5. The summed E-state index contributed by atoms with van der Waals surface area (Å²) < 4.78 is 5.43. The third kappa shape index (κ3) is 4.68. The number of ether oxygens (including phenoxy) is 1. The van der Waals surface area contributed by atoms with Crippen LogP contribution in [-0.2, 0) is 19.1 Å². The van der Waals surface area contributed by atoms with Crippen LogP contribution in [-0.4, -0.2) is 46.8 Å². The number of esters is 1. The summed E-state index contributed by atoms with van der Waals surface area (Å²) in [5.74, 6) is -1.21. The zero-order valence-electron chi connectivity index (χ0n) is 16.1. The van der Waals surface area contributed by atoms with Gasteiger partial charge in [0.25, 0.3) is 11.8 Å². The summed E-state index contributed by atoms with van der Waals surface area (Å²) >= 11 is 0. The molecule has 2 N–H and O–H groups in total. The van der Waals surface area contributed by atoms with Crippen molar-refractivity contribution >= 4 is 23.8 Å². The molecule has 1 saturated carbocycles. The van der Waals surface area contributed by atoms with E-state index in [1.807, 2.05) is 6.07 Å². The lowest BCUT2D eigenvalue weighted by Gasteiger charge is -2.19. The zero-order valence-corrected chi connectivity index (χ0v) is 16.1. The van der Waals surface area contributed by atoms with Crippen LogP contribution in [0.1, 0.15) is 51.2 Å². The molecule has 0 aromatic heterocycles. The van der Waals surface area contributed by atoms with Gasteiger partial charge in [-0.15, -0.1) is 0 Å². The van der Waals surface area contributed by atoms with Crippen molar-refractivity contribution in [1.82, 2.24) is 15.5 Å². The fourth-order valence-electron chi connectivity index (χ4n) is 3.00. The van der Waals surface area contributed by atoms with Crippen molar-refractivity contribution in [2.45, 2.75) is 57.2 Å². The van der Waals surface area contributed by atoms with Gasteiger partial charge in [0.1, 0.15) is 5.54 Å². The molecule has 2 fully saturated rings. The highest BCUT2D eigenvalue weighted by Gasteiger charge is 2.43. The third-order valence-corrected chi connectivity index (χ3v) is 4.72. The predicted octanol–water partition coefficient (Wildman–Crippen LogP) is 1.66. The first-order valence-electron chi connectivity index (χ1n) is 9.47. The normalized spacial score (nSPS) is 19.1. The van der Waals surface area contributed by atoms with E-state index in [1.54, 1.807) is 38.1 Å². The molecule has 0 bridgehead atoms. The van der Waals surface area contributed by atoms with E-state index in [0.717, 1.165) is 17.7 Å². The topological polar surface area (TPSA) is 105 Å². The molecule has 1 aromatic rings. The Kier molecular flexibility index (Phi) is 5.67. The first kappa shape index (κ1) is 19.9. The molecule has 4 amide bonds. The standard InChI is InChI=1S/C20H25N3O5/c1-20(2)18(26)23(19(27)22-20)12-6-9-15(24)28-16(13-7-4-3-5-8-13)17(25)21-14-10-11-14/h3-5,7-8,14,16H,6,9-12H2,1-2H3,(H,21,25)(H,22,27)/t16-/m0/s1. The molecule has 1 aliphatic carbocycles. The first-order chi connectivity index (χ1) is 13.3. The largest absolute Gasteiger partial charge is 0.447 e. The fourth-order valence-corrected chi connectivity index (χ4v) is 3.00. The zero-order chi connectivity index (χ0) is 20.3. The first-order valence-corrected chi connectivity index (χ1v) is 9.47. The summed E-state index contributed by atoms with van der Waals surface area (Å²) in [6, 6.07) is 8.54. The van der Waals surface area contributed by atoms with Gasteiger partial charge in [0.15, 0.2) is 0 Å². The molecule has 0 unspecified atom stereocenters. The highest BCUT2D eigenvalue weighted by Crippen LogP contribution is 2.24. The number of carbonyl (C=O) groups is 4. The maximum atomic E-state index is 12.5. The van der Waals surface area contributed by atoms with Crippen LogP contribution in [0.25, 0.3) is 0 Å². The second-order valence-corrected chi connectivity index (χ2v) is 7.68. The Labute approximate surface area is 163 Å². The van der Waals surface area contributed by atoms with Gasteiger partial charge < -0.3 is 15.4 Å². The van der Waals surface area contributed by atoms with E-state index in [9.17, 15) is 19.2 Å². The van der Waals surface area contributed by atoms with Gasteiger partial charge in [0, 0.05) is 24.6 Å². The third-order valence-electron chi connectivity index (χ3n) is 4.72. The highest BCUT2D eigenvalue weighted by molar-refractivity contribution is 6.06. The van der Waals surface area contributed by atoms with Crippen LogP contribution in [0.5, 0.6) is 0 Å². The molecule has 150 valence electrons. The fraction of sp³-hybridized carbons (Fsp3) is 0.500. The van der Waals surface area contributed by atoms with E-state index in [2.05, 4.69) is 10.6 Å². The van der Waals surface area contributed by atoms with Crippen molar-refractivity contribution in [3.05, 3.63) is 35.9 Å². The quantitative estimate of drug-likeness (QED) is 0.521. The van der Waals surface area contributed by atoms with Gasteiger partial charge in [-0.25, -0.2) is 4.79 Å². The lowest BCUT2D eigenvalue weighted by molar-refractivity contribution is -0.156. The predicted molar refractivity (Wildman–Crippen MR) is 100.0 cm³/mol. The van der Waals surface area contributed by atoms with Crippen LogP contribution in [0.3, 0.4) is 0 Å². The molecule has 1 aromatic carbocycles. The maximum Gasteiger partial charge on any atom is 0.325 e. The molecular weight excluding hydrogens is 362 g/mol. The van der Waals surface area contributed by atoms with Crippen LogP contribution in [0.15, 0.2) is 30.3 Å². The van der Waals surface area contributed by atoms with Gasteiger partial charge in [-0.1, -0.05) is 30.3 Å². The number of amides is 4. The summed E-state index contributed by atoms with van der Waals surface area (Å²) in [6.45, 7) is 3.38. The minimum Gasteiger partial charge on any atom is -0.447 e. The van der Waals surface area contributed by atoms with Crippen LogP contribution in [0, 0.1) is 0 Å². The van der Waals surface area contributed by atoms with Crippen molar-refractivity contribution in [2.24, 2.45) is 0 Å². The summed E-state index contributed by atoms with van der Waals surface area (Å²) in [7, 11) is 0. The van der Waals surface area contributed by atoms with Crippen molar-refractivity contribution in [3.8, 4) is 0 Å². The molecule has 28 heavy (non-hydrogen) atoms. The molecule has 1 atom stereocenters. The van der Waals surface area contributed by atoms with Crippen molar-refractivity contribution in [1.29, 1.82) is 0 Å². The van der Waals surface area contributed by atoms with Gasteiger partial charge in [0.2, 0.25) is 6.10 Å². The number of nitrogens with zero attached hydrogens (tertiary/aromatic N) is 1. The Balaban J connectivity index is 1.54. The molecule has 8 nitrogen and oxygen atoms in total. The van der Waals surface area contributed by atoms with Crippen molar-refractivity contribution < 1.29 is 23.9 Å². The Morgan fingerprint density at radius 1 is 1.25 bits per heavy atom. The van der Waals surface area contributed by atoms with Crippen LogP contribution < -0.4 is 10.6 Å². The molecule has 1 heterocycles. The van der Waals surface area contributed by atoms with Gasteiger partial charge in [-0.05, 0) is 33.1 Å². The van der Waals surface area contributed by atoms with E-state index in [-0.39, 0.29) is 37.2 Å². The minimum atomic E-state index is -1.01. The van der Waals surface area contributed by atoms with Gasteiger partial charge >= 0.3 is 12.0 Å². The van der Waals surface area contributed by atoms with E-state index in [4.69, 9.17) is 4.74 Å². The summed E-state index contributed by atoms with van der Waals surface area (Å²) in [5.41, 5.74) is -0.332. The van der Waals surface area contributed by atoms with Crippen molar-refractivity contribution in [2.75, 3.05) is 6.54 Å². The van der Waals surface area contributed by atoms with E-state index >= 15 is 0 Å². The second kappa shape index (κ2) is 8.00. The van der Waals surface area contributed by atoms with Crippen molar-refractivity contribution in [3.63, 3.8) is 0 Å². The Bertz CT molecular complexity index is 773. The Morgan fingerprint density at radius 3 is 2.50 bits per heavy atom. The van der Waals surface area contributed by atoms with Gasteiger partial charge in [-0.3, -0.25) is 19.3 Å². The molecule has 0 radical (unpaired) electrons. The number of urea groups is 1. The minimum absolute atomic E-state index is 0.00245. The smallest absolute Gasteiger partial charge is 0.325 e. The SMILES string of the molecule is CC1(C)NC(=O)N(CCCC(=O)O[C@H](C(=O)NC2CC2)c2ccccc2)C1=O. The molecule has 1 saturated heterocycles. The maximum absolute atomic E-state index is 12.5. The van der Waals surface area contributed by atoms with E-state index < -0.39 is 23.6 Å². The average molecular weight is 387 g/mol. The number of carbonyl (C=O) groups excluding carboxylic acids is 4. The van der Waals surface area contributed by atoms with Crippen LogP contribution in [0.4, 0.5) is 4.79 Å². The molecule has 0 spiro atoms. The van der Waals surface area contributed by atoms with E-state index in [0.29, 0.717) is 5.56 Å². The Hall–Kier alpha value is -2.90. The van der Waals surface area contributed by atoms with Crippen LogP contribution in [0.2, 0.25) is 0 Å². The molecule has 8 heteroatoms. The molecule has 2 aliphatic rings. The van der Waals surface area contributed by atoms with E-state index in [1.165, 1.54) is 0 Å². The number of imide groups is 1. The second-order valence-electron chi connectivity index (χ2n) is 7.68. The number of nitrogens with one attached hydrogen (secondary N) is 2. The molecule has 1 aliphatic heterocycles. The summed E-state index contributed by atoms with van der Waals surface area (Å²) in [4.78, 5) is 49.9. The van der Waals surface area contributed by atoms with Gasteiger partial charge in [0.05, 0.1) is 0 Å². The Morgan fingerprint density at radius 2 is 1.93 bits per heavy atom.